The topological polar surface area (TPSA) is 62.3 Å². The largest absolute Gasteiger partial charge is 0.365 e. The van der Waals surface area contributed by atoms with Crippen molar-refractivity contribution >= 4 is 23.1 Å². The van der Waals surface area contributed by atoms with Crippen molar-refractivity contribution in [3.05, 3.63) is 89.7 Å². The van der Waals surface area contributed by atoms with Crippen molar-refractivity contribution in [3.8, 4) is 0 Å². The van der Waals surface area contributed by atoms with E-state index in [0.717, 1.165) is 12.2 Å². The summed E-state index contributed by atoms with van der Waals surface area (Å²) in [6, 6.07) is 21.0. The maximum Gasteiger partial charge on any atom is 0.274 e. The molecule has 0 aliphatic rings. The molecule has 148 valence electrons. The first-order chi connectivity index (χ1) is 13.9. The van der Waals surface area contributed by atoms with E-state index in [0.29, 0.717) is 16.9 Å². The Morgan fingerprint density at radius 3 is 2.31 bits per heavy atom. The Balaban J connectivity index is 1.78. The fourth-order valence-electron chi connectivity index (χ4n) is 3.06. The standard InChI is InChI=1S/C24H25N3O2/c1-17(2)27(16-19-7-5-4-6-8-19)22-13-14-25-23(15-22)24(29)26-21-11-9-20(10-12-21)18(3)28/h4-15,17H,16H2,1-3H3,(H,26,29). The van der Waals surface area contributed by atoms with Crippen molar-refractivity contribution in [2.45, 2.75) is 33.4 Å². The van der Waals surface area contributed by atoms with Crippen LogP contribution in [0.15, 0.2) is 72.9 Å². The molecule has 0 saturated heterocycles. The van der Waals surface area contributed by atoms with Gasteiger partial charge in [-0.25, -0.2) is 0 Å². The van der Waals surface area contributed by atoms with Gasteiger partial charge in [0.15, 0.2) is 5.78 Å². The molecule has 5 heteroatoms. The molecule has 0 atom stereocenters. The van der Waals surface area contributed by atoms with Gasteiger partial charge in [0.05, 0.1) is 0 Å². The molecule has 2 aromatic carbocycles. The smallest absolute Gasteiger partial charge is 0.274 e. The van der Waals surface area contributed by atoms with Gasteiger partial charge in [0.25, 0.3) is 5.91 Å². The predicted molar refractivity (Wildman–Crippen MR) is 116 cm³/mol. The summed E-state index contributed by atoms with van der Waals surface area (Å²) in [5, 5.41) is 2.84. The molecular formula is C24H25N3O2. The van der Waals surface area contributed by atoms with E-state index in [1.807, 2.05) is 30.3 Å². The normalized spacial score (nSPS) is 10.6. The van der Waals surface area contributed by atoms with Crippen LogP contribution in [0, 0.1) is 0 Å². The number of nitrogens with one attached hydrogen (secondary N) is 1. The van der Waals surface area contributed by atoms with Gasteiger partial charge in [0.2, 0.25) is 0 Å². The van der Waals surface area contributed by atoms with Gasteiger partial charge in [-0.1, -0.05) is 30.3 Å². The lowest BCUT2D eigenvalue weighted by atomic mass is 10.1. The van der Waals surface area contributed by atoms with Crippen LogP contribution in [0.2, 0.25) is 0 Å². The summed E-state index contributed by atoms with van der Waals surface area (Å²) >= 11 is 0. The molecule has 1 amide bonds. The molecule has 0 aliphatic carbocycles. The van der Waals surface area contributed by atoms with Gasteiger partial charge in [0.1, 0.15) is 5.69 Å². The molecule has 0 saturated carbocycles. The summed E-state index contributed by atoms with van der Waals surface area (Å²) in [4.78, 5) is 30.5. The molecule has 0 unspecified atom stereocenters. The van der Waals surface area contributed by atoms with Crippen LogP contribution in [0.25, 0.3) is 0 Å². The first-order valence-corrected chi connectivity index (χ1v) is 9.63. The fraction of sp³-hybridized carbons (Fsp3) is 0.208. The van der Waals surface area contributed by atoms with E-state index in [9.17, 15) is 9.59 Å². The van der Waals surface area contributed by atoms with Gasteiger partial charge < -0.3 is 10.2 Å². The molecule has 0 fully saturated rings. The Kier molecular flexibility index (Phi) is 6.39. The Bertz CT molecular complexity index is 983. The number of carbonyl (C=O) groups is 2. The lowest BCUT2D eigenvalue weighted by molar-refractivity contribution is 0.101. The minimum Gasteiger partial charge on any atom is -0.365 e. The summed E-state index contributed by atoms with van der Waals surface area (Å²) in [6.45, 7) is 6.51. The van der Waals surface area contributed by atoms with Crippen molar-refractivity contribution in [1.29, 1.82) is 0 Å². The third kappa shape index (κ3) is 5.29. The van der Waals surface area contributed by atoms with Gasteiger partial charge in [0, 0.05) is 35.7 Å². The van der Waals surface area contributed by atoms with Gasteiger partial charge in [-0.05, 0) is 62.7 Å². The second kappa shape index (κ2) is 9.15. The van der Waals surface area contributed by atoms with Crippen molar-refractivity contribution in [3.63, 3.8) is 0 Å². The molecular weight excluding hydrogens is 362 g/mol. The summed E-state index contributed by atoms with van der Waals surface area (Å²) in [5.74, 6) is -0.296. The molecule has 29 heavy (non-hydrogen) atoms. The molecule has 0 radical (unpaired) electrons. The minimum atomic E-state index is -0.286. The number of ketones is 1. The zero-order valence-electron chi connectivity index (χ0n) is 16.9. The minimum absolute atomic E-state index is 0.00978. The average molecular weight is 387 g/mol. The number of pyridine rings is 1. The fourth-order valence-corrected chi connectivity index (χ4v) is 3.06. The molecule has 0 spiro atoms. The van der Waals surface area contributed by atoms with E-state index < -0.39 is 0 Å². The van der Waals surface area contributed by atoms with E-state index >= 15 is 0 Å². The number of rotatable bonds is 7. The molecule has 3 aromatic rings. The third-order valence-electron chi connectivity index (χ3n) is 4.68. The second-order valence-electron chi connectivity index (χ2n) is 7.19. The van der Waals surface area contributed by atoms with E-state index in [-0.39, 0.29) is 17.7 Å². The zero-order chi connectivity index (χ0) is 20.8. The van der Waals surface area contributed by atoms with Crippen molar-refractivity contribution in [2.75, 3.05) is 10.2 Å². The van der Waals surface area contributed by atoms with Gasteiger partial charge in [-0.2, -0.15) is 0 Å². The highest BCUT2D eigenvalue weighted by molar-refractivity contribution is 6.03. The molecule has 1 heterocycles. The van der Waals surface area contributed by atoms with E-state index in [4.69, 9.17) is 0 Å². The first-order valence-electron chi connectivity index (χ1n) is 9.63. The maximum absolute atomic E-state index is 12.7. The van der Waals surface area contributed by atoms with E-state index in [2.05, 4.69) is 41.2 Å². The lowest BCUT2D eigenvalue weighted by Gasteiger charge is -2.29. The van der Waals surface area contributed by atoms with Crippen LogP contribution in [0.5, 0.6) is 0 Å². The van der Waals surface area contributed by atoms with Crippen LogP contribution < -0.4 is 10.2 Å². The van der Waals surface area contributed by atoms with Crippen molar-refractivity contribution < 1.29 is 9.59 Å². The van der Waals surface area contributed by atoms with Crippen LogP contribution in [0.3, 0.4) is 0 Å². The third-order valence-corrected chi connectivity index (χ3v) is 4.68. The Labute approximate surface area is 171 Å². The Morgan fingerprint density at radius 2 is 1.69 bits per heavy atom. The van der Waals surface area contributed by atoms with Crippen LogP contribution in [-0.2, 0) is 6.54 Å². The van der Waals surface area contributed by atoms with Crippen LogP contribution in [-0.4, -0.2) is 22.7 Å². The number of benzene rings is 2. The molecule has 3 rings (SSSR count). The molecule has 1 N–H and O–H groups in total. The molecule has 0 bridgehead atoms. The van der Waals surface area contributed by atoms with Crippen LogP contribution in [0.4, 0.5) is 11.4 Å². The number of amides is 1. The summed E-state index contributed by atoms with van der Waals surface area (Å²) in [6.07, 6.45) is 1.66. The maximum atomic E-state index is 12.7. The highest BCUT2D eigenvalue weighted by Crippen LogP contribution is 2.21. The second-order valence-corrected chi connectivity index (χ2v) is 7.19. The lowest BCUT2D eigenvalue weighted by Crippen LogP contribution is -2.30. The summed E-state index contributed by atoms with van der Waals surface area (Å²) in [5.41, 5.74) is 3.72. The monoisotopic (exact) mass is 387 g/mol. The van der Waals surface area contributed by atoms with Gasteiger partial charge in [-0.3, -0.25) is 14.6 Å². The molecule has 0 aliphatic heterocycles. The van der Waals surface area contributed by atoms with Gasteiger partial charge in [-0.15, -0.1) is 0 Å². The highest BCUT2D eigenvalue weighted by Gasteiger charge is 2.15. The average Bonchev–Trinajstić information content (AvgIpc) is 2.73. The number of anilines is 2. The number of Topliss-reactive ketones (excluding diaryl/α,β-unsaturated/α-hetero) is 1. The first kappa shape index (κ1) is 20.3. The Hall–Kier alpha value is -3.47. The Morgan fingerprint density at radius 1 is 1.00 bits per heavy atom. The van der Waals surface area contributed by atoms with Crippen LogP contribution in [0.1, 0.15) is 47.2 Å². The number of hydrogen-bond donors (Lipinski definition) is 1. The van der Waals surface area contributed by atoms with Crippen molar-refractivity contribution in [2.24, 2.45) is 0 Å². The number of carbonyl (C=O) groups excluding carboxylic acids is 2. The van der Waals surface area contributed by atoms with E-state index in [1.165, 1.54) is 12.5 Å². The van der Waals surface area contributed by atoms with Crippen LogP contribution >= 0.6 is 0 Å². The quantitative estimate of drug-likeness (QED) is 0.583. The highest BCUT2D eigenvalue weighted by atomic mass is 16.2. The van der Waals surface area contributed by atoms with E-state index in [1.54, 1.807) is 30.5 Å². The molecule has 1 aromatic heterocycles. The van der Waals surface area contributed by atoms with Crippen molar-refractivity contribution in [1.82, 2.24) is 4.98 Å². The number of hydrogen-bond acceptors (Lipinski definition) is 4. The molecule has 5 nitrogen and oxygen atoms in total. The number of aromatic nitrogens is 1. The summed E-state index contributed by atoms with van der Waals surface area (Å²) in [7, 11) is 0. The van der Waals surface area contributed by atoms with Gasteiger partial charge >= 0.3 is 0 Å². The zero-order valence-corrected chi connectivity index (χ0v) is 16.9. The SMILES string of the molecule is CC(=O)c1ccc(NC(=O)c2cc(N(Cc3ccccc3)C(C)C)ccn2)cc1. The predicted octanol–water partition coefficient (Wildman–Crippen LogP) is 4.95. The summed E-state index contributed by atoms with van der Waals surface area (Å²) < 4.78 is 0. The number of nitrogens with zero attached hydrogens (tertiary/aromatic N) is 2.